The van der Waals surface area contributed by atoms with Gasteiger partial charge in [0.1, 0.15) is 0 Å². The van der Waals surface area contributed by atoms with Gasteiger partial charge in [-0.3, -0.25) is 0 Å². The molecule has 2 heterocycles. The van der Waals surface area contributed by atoms with Gasteiger partial charge in [0.05, 0.1) is 14.2 Å². The van der Waals surface area contributed by atoms with E-state index in [-0.39, 0.29) is 14.9 Å². The predicted molar refractivity (Wildman–Crippen MR) is 92.3 cm³/mol. The van der Waals surface area contributed by atoms with Gasteiger partial charge in [-0.25, -0.2) is 14.6 Å². The molecule has 0 saturated heterocycles. The Morgan fingerprint density at radius 3 is 2.58 bits per heavy atom. The molecular weight excluding hydrogens is 356 g/mol. The second kappa shape index (κ2) is 7.32. The van der Waals surface area contributed by atoms with Gasteiger partial charge < -0.3 is 14.6 Å². The van der Waals surface area contributed by atoms with Crippen LogP contribution in [0.25, 0.3) is 22.5 Å². The molecule has 0 atom stereocenters. The highest BCUT2D eigenvalue weighted by molar-refractivity contribution is 7.08. The van der Waals surface area contributed by atoms with E-state index in [2.05, 4.69) is 9.72 Å². The van der Waals surface area contributed by atoms with Crippen molar-refractivity contribution in [1.82, 2.24) is 4.98 Å². The highest BCUT2D eigenvalue weighted by Crippen LogP contribution is 2.10. The summed E-state index contributed by atoms with van der Waals surface area (Å²) < 4.78 is 11.2. The van der Waals surface area contributed by atoms with Gasteiger partial charge in [-0.2, -0.15) is 4.57 Å². The molecule has 0 radical (unpaired) electrons. The van der Waals surface area contributed by atoms with Gasteiger partial charge in [0.25, 0.3) is 0 Å². The molecule has 2 aromatic heterocycles. The van der Waals surface area contributed by atoms with Crippen molar-refractivity contribution in [2.45, 2.75) is 0 Å². The number of pyridine rings is 1. The number of aromatic nitrogens is 2. The molecule has 0 N–H and O–H groups in total. The summed E-state index contributed by atoms with van der Waals surface area (Å²) in [7, 11) is 2.46. The fourth-order valence-corrected chi connectivity index (χ4v) is 3.26. The van der Waals surface area contributed by atoms with E-state index in [1.807, 2.05) is 30.3 Å². The molecule has 0 saturated carbocycles. The van der Waals surface area contributed by atoms with Gasteiger partial charge in [-0.15, -0.1) is 11.3 Å². The molecule has 0 bridgehead atoms. The SMILES string of the molecule is COC(=O)/C=c1/s/c(=C(/C(=O)OC)[n+]2ccc3ccccc3c2)nc1[O-]. The van der Waals surface area contributed by atoms with Crippen LogP contribution in [0.2, 0.25) is 0 Å². The normalized spacial score (nSPS) is 12.8. The first-order chi connectivity index (χ1) is 12.5. The minimum absolute atomic E-state index is 0.0784. The van der Waals surface area contributed by atoms with Crippen LogP contribution in [0.4, 0.5) is 0 Å². The number of rotatable bonds is 3. The summed E-state index contributed by atoms with van der Waals surface area (Å²) in [5, 5.41) is 13.9. The summed E-state index contributed by atoms with van der Waals surface area (Å²) in [6.07, 6.45) is 4.48. The molecule has 26 heavy (non-hydrogen) atoms. The number of nitrogens with zero attached hydrogens (tertiary/aromatic N) is 2. The first-order valence-corrected chi connectivity index (χ1v) is 8.31. The van der Waals surface area contributed by atoms with E-state index in [1.54, 1.807) is 17.0 Å². The Bertz CT molecular complexity index is 1120. The molecule has 0 unspecified atom stereocenters. The molecule has 3 rings (SSSR count). The van der Waals surface area contributed by atoms with E-state index in [0.717, 1.165) is 28.2 Å². The molecule has 8 heteroatoms. The van der Waals surface area contributed by atoms with E-state index >= 15 is 0 Å². The minimum Gasteiger partial charge on any atom is -0.858 e. The molecular formula is C18H14N2O5S. The highest BCUT2D eigenvalue weighted by Gasteiger charge is 2.24. The zero-order valence-electron chi connectivity index (χ0n) is 14.0. The highest BCUT2D eigenvalue weighted by atomic mass is 32.1. The van der Waals surface area contributed by atoms with Crippen LogP contribution < -0.4 is 18.9 Å². The zero-order chi connectivity index (χ0) is 18.7. The number of thiazole rings is 1. The van der Waals surface area contributed by atoms with Crippen LogP contribution in [-0.4, -0.2) is 31.1 Å². The Labute approximate surface area is 152 Å². The third-order valence-electron chi connectivity index (χ3n) is 3.60. The Morgan fingerprint density at radius 2 is 1.88 bits per heavy atom. The standard InChI is InChI=1S/C18H14N2O5S/c1-24-14(21)9-13-16(22)19-17(26-13)15(18(23)25-2)20-8-7-11-5-3-4-6-12(11)10-20/h3-10H,1-2H3/b13-9+. The van der Waals surface area contributed by atoms with Gasteiger partial charge in [0.15, 0.2) is 17.1 Å². The number of hydrogen-bond donors (Lipinski definition) is 0. The van der Waals surface area contributed by atoms with Crippen LogP contribution in [0.5, 0.6) is 5.88 Å². The molecule has 1 aromatic carbocycles. The number of hydrogen-bond acceptors (Lipinski definition) is 7. The Hall–Kier alpha value is -3.26. The molecule has 0 aliphatic heterocycles. The van der Waals surface area contributed by atoms with Gasteiger partial charge in [-0.1, -0.05) is 18.2 Å². The maximum Gasteiger partial charge on any atom is 0.407 e. The summed E-state index contributed by atoms with van der Waals surface area (Å²) in [4.78, 5) is 27.6. The van der Waals surface area contributed by atoms with Gasteiger partial charge in [0.2, 0.25) is 0 Å². The molecule has 0 fully saturated rings. The number of carbonyl (C=O) groups is 2. The van der Waals surface area contributed by atoms with Crippen molar-refractivity contribution in [1.29, 1.82) is 0 Å². The lowest BCUT2D eigenvalue weighted by Gasteiger charge is -2.00. The van der Waals surface area contributed by atoms with E-state index in [1.165, 1.54) is 14.2 Å². The van der Waals surface area contributed by atoms with Crippen LogP contribution in [-0.2, 0) is 19.1 Å². The van der Waals surface area contributed by atoms with Crippen molar-refractivity contribution < 1.29 is 28.7 Å². The lowest BCUT2D eigenvalue weighted by Crippen LogP contribution is -2.41. The van der Waals surface area contributed by atoms with Crippen LogP contribution in [0, 0.1) is 0 Å². The first-order valence-electron chi connectivity index (χ1n) is 7.50. The molecule has 7 nitrogen and oxygen atoms in total. The van der Waals surface area contributed by atoms with Gasteiger partial charge in [0, 0.05) is 27.9 Å². The second-order valence-corrected chi connectivity index (χ2v) is 6.21. The summed E-state index contributed by atoms with van der Waals surface area (Å²) in [5.41, 5.74) is 0.0878. The van der Waals surface area contributed by atoms with Crippen molar-refractivity contribution in [2.24, 2.45) is 0 Å². The number of carbonyl (C=O) groups excluding carboxylic acids is 2. The molecule has 0 amide bonds. The van der Waals surface area contributed by atoms with Crippen LogP contribution in [0.15, 0.2) is 42.7 Å². The van der Waals surface area contributed by atoms with Crippen molar-refractivity contribution in [2.75, 3.05) is 14.2 Å². The maximum atomic E-state index is 12.3. The molecule has 0 spiro atoms. The largest absolute Gasteiger partial charge is 0.858 e. The average Bonchev–Trinajstić information content (AvgIpc) is 3.01. The predicted octanol–water partition coefficient (Wildman–Crippen LogP) is -0.560. The van der Waals surface area contributed by atoms with E-state index in [0.29, 0.717) is 0 Å². The summed E-state index contributed by atoms with van der Waals surface area (Å²) in [6.45, 7) is 0. The maximum absolute atomic E-state index is 12.3. The fourth-order valence-electron chi connectivity index (χ4n) is 2.35. The quantitative estimate of drug-likeness (QED) is 0.453. The Morgan fingerprint density at radius 1 is 1.15 bits per heavy atom. The number of fused-ring (bicyclic) bond motifs is 1. The first kappa shape index (κ1) is 17.6. The summed E-state index contributed by atoms with van der Waals surface area (Å²) >= 11 is 0.917. The summed E-state index contributed by atoms with van der Waals surface area (Å²) in [5.74, 6) is -1.93. The topological polar surface area (TPSA) is 92.4 Å². The van der Waals surface area contributed by atoms with Crippen LogP contribution in [0.3, 0.4) is 0 Å². The fraction of sp³-hybridized carbons (Fsp3) is 0.111. The van der Waals surface area contributed by atoms with Crippen LogP contribution >= 0.6 is 11.3 Å². The molecule has 3 aromatic rings. The monoisotopic (exact) mass is 370 g/mol. The Kier molecular flexibility index (Phi) is 4.94. The minimum atomic E-state index is -0.671. The molecule has 132 valence electrons. The summed E-state index contributed by atoms with van der Waals surface area (Å²) in [6, 6.07) is 9.48. The van der Waals surface area contributed by atoms with Gasteiger partial charge in [-0.05, 0) is 11.5 Å². The molecule has 0 aliphatic rings. The Balaban J connectivity index is 2.28. The third kappa shape index (κ3) is 3.40. The van der Waals surface area contributed by atoms with Crippen molar-refractivity contribution in [3.05, 3.63) is 51.9 Å². The molecule has 0 aliphatic carbocycles. The lowest BCUT2D eigenvalue weighted by atomic mass is 10.2. The zero-order valence-corrected chi connectivity index (χ0v) is 14.8. The third-order valence-corrected chi connectivity index (χ3v) is 4.59. The number of methoxy groups -OCH3 is 2. The van der Waals surface area contributed by atoms with Crippen molar-refractivity contribution in [3.63, 3.8) is 0 Å². The second-order valence-electron chi connectivity index (χ2n) is 5.18. The van der Waals surface area contributed by atoms with E-state index in [9.17, 15) is 14.7 Å². The van der Waals surface area contributed by atoms with Gasteiger partial charge >= 0.3 is 17.6 Å². The van der Waals surface area contributed by atoms with Crippen molar-refractivity contribution in [3.8, 4) is 5.88 Å². The number of ether oxygens (including phenoxy) is 2. The van der Waals surface area contributed by atoms with E-state index in [4.69, 9.17) is 4.74 Å². The van der Waals surface area contributed by atoms with E-state index < -0.39 is 17.8 Å². The smallest absolute Gasteiger partial charge is 0.407 e. The lowest BCUT2D eigenvalue weighted by molar-refractivity contribution is -0.577. The van der Waals surface area contributed by atoms with Crippen molar-refractivity contribution >= 4 is 45.8 Å². The number of esters is 2. The average molecular weight is 370 g/mol. The number of benzene rings is 1. The van der Waals surface area contributed by atoms with Crippen LogP contribution in [0.1, 0.15) is 0 Å².